The van der Waals surface area contributed by atoms with Gasteiger partial charge < -0.3 is 19.7 Å². The van der Waals surface area contributed by atoms with Crippen LogP contribution in [0.3, 0.4) is 0 Å². The summed E-state index contributed by atoms with van der Waals surface area (Å²) in [4.78, 5) is 22.2. The fourth-order valence-electron chi connectivity index (χ4n) is 1.30. The zero-order valence-electron chi connectivity index (χ0n) is 8.43. The number of carbonyl (C=O) groups excluding carboxylic acids is 2. The predicted octanol–water partition coefficient (Wildman–Crippen LogP) is -0.326. The number of carbonyl (C=O) groups is 2. The second-order valence-corrected chi connectivity index (χ2v) is 3.37. The maximum absolute atomic E-state index is 11.1. The highest BCUT2D eigenvalue weighted by molar-refractivity contribution is 5.73. The maximum atomic E-state index is 11.1. The van der Waals surface area contributed by atoms with E-state index in [-0.39, 0.29) is 25.7 Å². The van der Waals surface area contributed by atoms with Crippen molar-refractivity contribution in [3.05, 3.63) is 0 Å². The first kappa shape index (κ1) is 11.9. The van der Waals surface area contributed by atoms with Crippen molar-refractivity contribution >= 4 is 11.9 Å². The Bertz CT molecular complexity index is 259. The first-order valence-corrected chi connectivity index (χ1v) is 4.81. The summed E-state index contributed by atoms with van der Waals surface area (Å²) in [6.45, 7) is 1.59. The third-order valence-electron chi connectivity index (χ3n) is 2.09. The second kappa shape index (κ2) is 4.59. The molecule has 0 bridgehead atoms. The smallest absolute Gasteiger partial charge is 0.363 e. The van der Waals surface area contributed by atoms with Crippen LogP contribution in [-0.2, 0) is 19.1 Å². The molecule has 0 aromatic carbocycles. The molecule has 6 heteroatoms. The van der Waals surface area contributed by atoms with Gasteiger partial charge in [0.05, 0.1) is 0 Å². The van der Waals surface area contributed by atoms with Crippen molar-refractivity contribution in [1.82, 2.24) is 0 Å². The molecule has 0 spiro atoms. The molecule has 1 saturated heterocycles. The average molecular weight is 218 g/mol. The van der Waals surface area contributed by atoms with Gasteiger partial charge in [0.1, 0.15) is 0 Å². The zero-order chi connectivity index (χ0) is 11.5. The third kappa shape index (κ3) is 3.17. The van der Waals surface area contributed by atoms with Crippen LogP contribution in [0.2, 0.25) is 0 Å². The first-order chi connectivity index (χ1) is 6.95. The van der Waals surface area contributed by atoms with Crippen molar-refractivity contribution in [1.29, 1.82) is 0 Å². The van der Waals surface area contributed by atoms with E-state index in [2.05, 4.69) is 4.74 Å². The summed E-state index contributed by atoms with van der Waals surface area (Å²) in [7, 11) is 0. The molecule has 1 rings (SSSR count). The largest absolute Gasteiger partial charge is 0.452 e. The Morgan fingerprint density at radius 2 is 1.93 bits per heavy atom. The molecule has 2 N–H and O–H groups in total. The zero-order valence-corrected chi connectivity index (χ0v) is 8.43. The van der Waals surface area contributed by atoms with E-state index in [1.54, 1.807) is 6.92 Å². The molecule has 0 saturated carbocycles. The monoisotopic (exact) mass is 218 g/mol. The molecule has 1 atom stereocenters. The van der Waals surface area contributed by atoms with Gasteiger partial charge in [-0.05, 0) is 12.8 Å². The summed E-state index contributed by atoms with van der Waals surface area (Å²) in [6, 6.07) is 0. The molecular weight excluding hydrogens is 204 g/mol. The Kier molecular flexibility index (Phi) is 3.65. The molecule has 0 aliphatic carbocycles. The van der Waals surface area contributed by atoms with E-state index in [9.17, 15) is 19.8 Å². The van der Waals surface area contributed by atoms with E-state index in [4.69, 9.17) is 4.74 Å². The Labute approximate surface area is 86.8 Å². The van der Waals surface area contributed by atoms with Crippen molar-refractivity contribution in [2.24, 2.45) is 0 Å². The van der Waals surface area contributed by atoms with Crippen molar-refractivity contribution in [2.75, 3.05) is 0 Å². The van der Waals surface area contributed by atoms with Crippen LogP contribution in [0, 0.1) is 0 Å². The van der Waals surface area contributed by atoms with Crippen LogP contribution in [0.4, 0.5) is 0 Å². The molecule has 0 radical (unpaired) electrons. The molecule has 0 aromatic heterocycles. The van der Waals surface area contributed by atoms with Crippen LogP contribution in [0.15, 0.2) is 0 Å². The molecule has 1 aliphatic heterocycles. The fraction of sp³-hybridized carbons (Fsp3) is 0.778. The van der Waals surface area contributed by atoms with Gasteiger partial charge in [0, 0.05) is 12.8 Å². The van der Waals surface area contributed by atoms with Crippen LogP contribution in [0.1, 0.15) is 32.6 Å². The van der Waals surface area contributed by atoms with Gasteiger partial charge in [-0.25, -0.2) is 0 Å². The number of hydrogen-bond donors (Lipinski definition) is 2. The molecule has 6 nitrogen and oxygen atoms in total. The summed E-state index contributed by atoms with van der Waals surface area (Å²) in [5.41, 5.74) is 0. The van der Waals surface area contributed by atoms with Gasteiger partial charge in [-0.3, -0.25) is 9.59 Å². The van der Waals surface area contributed by atoms with E-state index >= 15 is 0 Å². The van der Waals surface area contributed by atoms with Gasteiger partial charge >= 0.3 is 17.9 Å². The SMILES string of the molecule is CCC1OC(=O)CCCC(=O)OC1(O)O. The molecule has 1 unspecified atom stereocenters. The highest BCUT2D eigenvalue weighted by Gasteiger charge is 2.41. The van der Waals surface area contributed by atoms with Crippen molar-refractivity contribution in [3.63, 3.8) is 0 Å². The van der Waals surface area contributed by atoms with Crippen molar-refractivity contribution in [2.45, 2.75) is 44.7 Å². The molecular formula is C9H14O6. The lowest BCUT2D eigenvalue weighted by atomic mass is 10.2. The number of esters is 2. The van der Waals surface area contributed by atoms with E-state index < -0.39 is 24.0 Å². The fourth-order valence-corrected chi connectivity index (χ4v) is 1.30. The van der Waals surface area contributed by atoms with Crippen LogP contribution >= 0.6 is 0 Å². The Balaban J connectivity index is 2.82. The van der Waals surface area contributed by atoms with Crippen LogP contribution < -0.4 is 0 Å². The highest BCUT2D eigenvalue weighted by Crippen LogP contribution is 2.20. The van der Waals surface area contributed by atoms with E-state index in [1.165, 1.54) is 0 Å². The lowest BCUT2D eigenvalue weighted by Crippen LogP contribution is -2.47. The van der Waals surface area contributed by atoms with Gasteiger partial charge in [0.25, 0.3) is 0 Å². The first-order valence-electron chi connectivity index (χ1n) is 4.81. The lowest BCUT2D eigenvalue weighted by molar-refractivity contribution is -0.358. The minimum atomic E-state index is -2.73. The minimum Gasteiger partial charge on any atom is -0.452 e. The molecule has 1 aliphatic rings. The lowest BCUT2D eigenvalue weighted by Gasteiger charge is -2.27. The van der Waals surface area contributed by atoms with Crippen LogP contribution in [0.5, 0.6) is 0 Å². The van der Waals surface area contributed by atoms with Gasteiger partial charge in [-0.1, -0.05) is 6.92 Å². The number of hydrogen-bond acceptors (Lipinski definition) is 6. The van der Waals surface area contributed by atoms with E-state index in [1.807, 2.05) is 0 Å². The predicted molar refractivity (Wildman–Crippen MR) is 47.3 cm³/mol. The van der Waals surface area contributed by atoms with Gasteiger partial charge in [-0.2, -0.15) is 0 Å². The van der Waals surface area contributed by atoms with Crippen LogP contribution in [-0.4, -0.2) is 34.2 Å². The quantitative estimate of drug-likeness (QED) is 0.462. The second-order valence-electron chi connectivity index (χ2n) is 3.37. The maximum Gasteiger partial charge on any atom is 0.363 e. The topological polar surface area (TPSA) is 93.1 Å². The van der Waals surface area contributed by atoms with E-state index in [0.717, 1.165) is 0 Å². The summed E-state index contributed by atoms with van der Waals surface area (Å²) in [6.07, 6.45) is -0.779. The number of rotatable bonds is 1. The van der Waals surface area contributed by atoms with Crippen LogP contribution in [0.25, 0.3) is 0 Å². The summed E-state index contributed by atoms with van der Waals surface area (Å²) in [5.74, 6) is -4.05. The minimum absolute atomic E-state index is 0.0333. The van der Waals surface area contributed by atoms with Crippen molar-refractivity contribution in [3.8, 4) is 0 Å². The number of ether oxygens (including phenoxy) is 2. The average Bonchev–Trinajstić information content (AvgIpc) is 2.15. The Hall–Kier alpha value is -1.14. The molecule has 1 fully saturated rings. The molecule has 0 amide bonds. The summed E-state index contributed by atoms with van der Waals surface area (Å²) in [5, 5.41) is 18.8. The molecule has 0 aromatic rings. The highest BCUT2D eigenvalue weighted by atomic mass is 16.8. The number of aliphatic hydroxyl groups is 2. The normalized spacial score (nSPS) is 27.0. The van der Waals surface area contributed by atoms with Gasteiger partial charge in [-0.15, -0.1) is 0 Å². The molecule has 15 heavy (non-hydrogen) atoms. The Morgan fingerprint density at radius 3 is 2.53 bits per heavy atom. The molecule has 1 heterocycles. The number of cyclic esters (lactones) is 2. The van der Waals surface area contributed by atoms with Crippen molar-refractivity contribution < 1.29 is 29.3 Å². The Morgan fingerprint density at radius 1 is 1.33 bits per heavy atom. The summed E-state index contributed by atoms with van der Waals surface area (Å²) < 4.78 is 9.17. The van der Waals surface area contributed by atoms with E-state index in [0.29, 0.717) is 0 Å². The molecule has 86 valence electrons. The van der Waals surface area contributed by atoms with Gasteiger partial charge in [0.2, 0.25) is 0 Å². The summed E-state index contributed by atoms with van der Waals surface area (Å²) >= 11 is 0. The van der Waals surface area contributed by atoms with Gasteiger partial charge in [0.15, 0.2) is 6.10 Å². The third-order valence-corrected chi connectivity index (χ3v) is 2.09. The standard InChI is InChI=1S/C9H14O6/c1-2-6-9(12,13)15-8(11)5-3-4-7(10)14-6/h6,12-13H,2-5H2,1H3.